The average molecular weight is 344 g/mol. The van der Waals surface area contributed by atoms with Gasteiger partial charge >= 0.3 is 0 Å². The standard InChI is InChI=1S/C19H15Cl2NO/c1-3-12-4-6-13(7-5-12)17-10-15(19(21)23)14-8-9-16(20)11(2)18(14)22-17/h4-10H,3H2,1-2H3. The van der Waals surface area contributed by atoms with Crippen LogP contribution in [0.1, 0.15) is 28.4 Å². The summed E-state index contributed by atoms with van der Waals surface area (Å²) in [6.07, 6.45) is 0.978. The Hall–Kier alpha value is -1.90. The minimum absolute atomic E-state index is 0.450. The molecule has 4 heteroatoms. The first-order chi connectivity index (χ1) is 11.0. The highest BCUT2D eigenvalue weighted by molar-refractivity contribution is 6.68. The van der Waals surface area contributed by atoms with Crippen molar-refractivity contribution in [3.63, 3.8) is 0 Å². The summed E-state index contributed by atoms with van der Waals surface area (Å²) in [5.74, 6) is 0. The summed E-state index contributed by atoms with van der Waals surface area (Å²) in [7, 11) is 0. The zero-order valence-electron chi connectivity index (χ0n) is 12.9. The number of carbonyl (C=O) groups excluding carboxylic acids is 1. The van der Waals surface area contributed by atoms with Crippen LogP contribution in [0.5, 0.6) is 0 Å². The molecule has 23 heavy (non-hydrogen) atoms. The van der Waals surface area contributed by atoms with E-state index >= 15 is 0 Å². The number of pyridine rings is 1. The average Bonchev–Trinajstić information content (AvgIpc) is 2.57. The first kappa shape index (κ1) is 16.0. The van der Waals surface area contributed by atoms with Crippen molar-refractivity contribution in [1.29, 1.82) is 0 Å². The number of aromatic nitrogens is 1. The Kier molecular flexibility index (Phi) is 4.38. The van der Waals surface area contributed by atoms with Crippen molar-refractivity contribution in [2.45, 2.75) is 20.3 Å². The third-order valence-corrected chi connectivity index (χ3v) is 4.65. The third-order valence-electron chi connectivity index (χ3n) is 4.04. The molecule has 116 valence electrons. The smallest absolute Gasteiger partial charge is 0.253 e. The van der Waals surface area contributed by atoms with Gasteiger partial charge < -0.3 is 0 Å². The highest BCUT2D eigenvalue weighted by Gasteiger charge is 2.14. The van der Waals surface area contributed by atoms with Crippen molar-refractivity contribution in [2.75, 3.05) is 0 Å². The Labute approximate surface area is 145 Å². The van der Waals surface area contributed by atoms with Gasteiger partial charge in [0.05, 0.1) is 11.2 Å². The number of aryl methyl sites for hydroxylation is 2. The predicted octanol–water partition coefficient (Wildman–Crippen LogP) is 5.81. The second kappa shape index (κ2) is 6.31. The van der Waals surface area contributed by atoms with Crippen LogP contribution in [0, 0.1) is 6.92 Å². The van der Waals surface area contributed by atoms with Crippen LogP contribution in [0.3, 0.4) is 0 Å². The molecular formula is C19H15Cl2NO. The lowest BCUT2D eigenvalue weighted by Crippen LogP contribution is -1.97. The first-order valence-corrected chi connectivity index (χ1v) is 8.16. The summed E-state index contributed by atoms with van der Waals surface area (Å²) in [6, 6.07) is 13.4. The maximum atomic E-state index is 11.8. The second-order valence-electron chi connectivity index (χ2n) is 5.45. The van der Waals surface area contributed by atoms with Gasteiger partial charge in [-0.25, -0.2) is 4.98 Å². The molecule has 0 amide bonds. The first-order valence-electron chi connectivity index (χ1n) is 7.40. The summed E-state index contributed by atoms with van der Waals surface area (Å²) < 4.78 is 0. The number of nitrogens with zero attached hydrogens (tertiary/aromatic N) is 1. The van der Waals surface area contributed by atoms with Crippen LogP contribution in [0.2, 0.25) is 5.02 Å². The zero-order chi connectivity index (χ0) is 16.6. The van der Waals surface area contributed by atoms with Gasteiger partial charge in [0.15, 0.2) is 0 Å². The van der Waals surface area contributed by atoms with Crippen molar-refractivity contribution < 1.29 is 4.79 Å². The van der Waals surface area contributed by atoms with E-state index in [2.05, 4.69) is 19.1 Å². The molecule has 0 saturated carbocycles. The van der Waals surface area contributed by atoms with Gasteiger partial charge in [-0.05, 0) is 48.2 Å². The largest absolute Gasteiger partial charge is 0.276 e. The Morgan fingerprint density at radius 1 is 1.13 bits per heavy atom. The summed E-state index contributed by atoms with van der Waals surface area (Å²) in [5.41, 5.74) is 4.92. The fraction of sp³-hybridized carbons (Fsp3) is 0.158. The van der Waals surface area contributed by atoms with E-state index in [0.29, 0.717) is 16.1 Å². The summed E-state index contributed by atoms with van der Waals surface area (Å²) in [5, 5.41) is 0.850. The molecule has 0 fully saturated rings. The van der Waals surface area contributed by atoms with Crippen LogP contribution in [0.4, 0.5) is 0 Å². The van der Waals surface area contributed by atoms with Crippen LogP contribution in [-0.2, 0) is 6.42 Å². The van der Waals surface area contributed by atoms with E-state index < -0.39 is 5.24 Å². The maximum Gasteiger partial charge on any atom is 0.253 e. The number of hydrogen-bond donors (Lipinski definition) is 0. The zero-order valence-corrected chi connectivity index (χ0v) is 14.4. The molecule has 0 radical (unpaired) electrons. The third kappa shape index (κ3) is 2.97. The molecule has 2 nitrogen and oxygen atoms in total. The molecule has 0 N–H and O–H groups in total. The van der Waals surface area contributed by atoms with Gasteiger partial charge in [-0.3, -0.25) is 4.79 Å². The lowest BCUT2D eigenvalue weighted by Gasteiger charge is -2.10. The second-order valence-corrected chi connectivity index (χ2v) is 6.20. The van der Waals surface area contributed by atoms with Gasteiger partial charge in [0.1, 0.15) is 0 Å². The monoisotopic (exact) mass is 343 g/mol. The van der Waals surface area contributed by atoms with E-state index in [-0.39, 0.29) is 0 Å². The van der Waals surface area contributed by atoms with Gasteiger partial charge in [0.2, 0.25) is 0 Å². The van der Waals surface area contributed by atoms with E-state index in [1.807, 2.05) is 19.1 Å². The number of rotatable bonds is 3. The number of halogens is 2. The molecule has 0 atom stereocenters. The van der Waals surface area contributed by atoms with Crippen molar-refractivity contribution in [1.82, 2.24) is 4.98 Å². The normalized spacial score (nSPS) is 11.0. The highest BCUT2D eigenvalue weighted by Crippen LogP contribution is 2.31. The Morgan fingerprint density at radius 3 is 2.43 bits per heavy atom. The Morgan fingerprint density at radius 2 is 1.83 bits per heavy atom. The van der Waals surface area contributed by atoms with Crippen LogP contribution in [0.25, 0.3) is 22.2 Å². The van der Waals surface area contributed by atoms with E-state index in [1.54, 1.807) is 18.2 Å². The van der Waals surface area contributed by atoms with Gasteiger partial charge in [-0.2, -0.15) is 0 Å². The molecule has 1 aromatic heterocycles. The van der Waals surface area contributed by atoms with Gasteiger partial charge in [0, 0.05) is 21.5 Å². The molecule has 0 aliphatic rings. The number of fused-ring (bicyclic) bond motifs is 1. The molecule has 3 aromatic rings. The Balaban J connectivity index is 2.28. The molecule has 0 aliphatic heterocycles. The number of benzene rings is 2. The molecular weight excluding hydrogens is 329 g/mol. The quantitative estimate of drug-likeness (QED) is 0.562. The summed E-state index contributed by atoms with van der Waals surface area (Å²) in [6.45, 7) is 4.00. The number of carbonyl (C=O) groups is 1. The predicted molar refractivity (Wildman–Crippen MR) is 96.5 cm³/mol. The van der Waals surface area contributed by atoms with E-state index in [0.717, 1.165) is 28.6 Å². The van der Waals surface area contributed by atoms with Crippen LogP contribution in [0.15, 0.2) is 42.5 Å². The van der Waals surface area contributed by atoms with E-state index in [9.17, 15) is 4.79 Å². The topological polar surface area (TPSA) is 30.0 Å². The minimum Gasteiger partial charge on any atom is -0.276 e. The lowest BCUT2D eigenvalue weighted by molar-refractivity contribution is 0.108. The van der Waals surface area contributed by atoms with Crippen molar-refractivity contribution in [3.8, 4) is 11.3 Å². The van der Waals surface area contributed by atoms with Crippen molar-refractivity contribution in [2.24, 2.45) is 0 Å². The van der Waals surface area contributed by atoms with Crippen LogP contribution < -0.4 is 0 Å². The van der Waals surface area contributed by atoms with Crippen molar-refractivity contribution >= 4 is 39.3 Å². The highest BCUT2D eigenvalue weighted by atomic mass is 35.5. The van der Waals surface area contributed by atoms with E-state index in [4.69, 9.17) is 28.2 Å². The van der Waals surface area contributed by atoms with Crippen molar-refractivity contribution in [3.05, 3.63) is 64.2 Å². The number of hydrogen-bond acceptors (Lipinski definition) is 2. The lowest BCUT2D eigenvalue weighted by atomic mass is 10.0. The molecule has 0 spiro atoms. The minimum atomic E-state index is -0.495. The molecule has 0 saturated heterocycles. The van der Waals surface area contributed by atoms with Gasteiger partial charge in [0.25, 0.3) is 5.24 Å². The van der Waals surface area contributed by atoms with Crippen LogP contribution >= 0.6 is 23.2 Å². The maximum absolute atomic E-state index is 11.8. The summed E-state index contributed by atoms with van der Waals surface area (Å²) >= 11 is 12.0. The summed E-state index contributed by atoms with van der Waals surface area (Å²) in [4.78, 5) is 16.6. The van der Waals surface area contributed by atoms with Crippen LogP contribution in [-0.4, -0.2) is 10.2 Å². The fourth-order valence-corrected chi connectivity index (χ4v) is 2.93. The molecule has 0 aliphatic carbocycles. The Bertz CT molecular complexity index is 901. The molecule has 2 aromatic carbocycles. The molecule has 0 bridgehead atoms. The molecule has 3 rings (SSSR count). The fourth-order valence-electron chi connectivity index (χ4n) is 2.63. The van der Waals surface area contributed by atoms with Gasteiger partial charge in [-0.1, -0.05) is 48.9 Å². The van der Waals surface area contributed by atoms with Gasteiger partial charge in [-0.15, -0.1) is 0 Å². The van der Waals surface area contributed by atoms with E-state index in [1.165, 1.54) is 5.56 Å². The SMILES string of the molecule is CCc1ccc(-c2cc(C(=O)Cl)c3ccc(Cl)c(C)c3n2)cc1. The molecule has 0 unspecified atom stereocenters. The molecule has 1 heterocycles.